The molecule has 7 heteroatoms. The maximum absolute atomic E-state index is 11.4. The highest BCUT2D eigenvalue weighted by Crippen LogP contribution is 2.30. The predicted molar refractivity (Wildman–Crippen MR) is 69.9 cm³/mol. The molecule has 2 aromatic rings. The average molecular weight is 285 g/mol. The van der Waals surface area contributed by atoms with E-state index in [2.05, 4.69) is 15.0 Å². The minimum Gasteiger partial charge on any atom is -0.456 e. The number of thiazole rings is 1. The second-order valence-electron chi connectivity index (χ2n) is 3.43. The minimum atomic E-state index is -0.502. The lowest BCUT2D eigenvalue weighted by atomic mass is 10.3. The van der Waals surface area contributed by atoms with E-state index in [-0.39, 0.29) is 6.61 Å². The van der Waals surface area contributed by atoms with Crippen molar-refractivity contribution in [1.82, 2.24) is 4.98 Å². The van der Waals surface area contributed by atoms with Crippen LogP contribution in [0.15, 0.2) is 18.2 Å². The number of rotatable bonds is 3. The molecule has 5 nitrogen and oxygen atoms in total. The van der Waals surface area contributed by atoms with Crippen molar-refractivity contribution >= 4 is 50.2 Å². The maximum Gasteiger partial charge on any atom is 0.303 e. The summed E-state index contributed by atoms with van der Waals surface area (Å²) in [6.45, 7) is 0.920. The smallest absolute Gasteiger partial charge is 0.303 e. The Morgan fingerprint density at radius 1 is 1.50 bits per heavy atom. The molecule has 0 aliphatic heterocycles. The molecule has 94 valence electrons. The second-order valence-corrected chi connectivity index (χ2v) is 4.87. The van der Waals surface area contributed by atoms with E-state index in [9.17, 15) is 9.59 Å². The van der Waals surface area contributed by atoms with Crippen LogP contribution in [0.25, 0.3) is 10.2 Å². The molecule has 0 saturated heterocycles. The Morgan fingerprint density at radius 2 is 2.28 bits per heavy atom. The molecule has 0 aliphatic carbocycles. The molecular formula is C11H9ClN2O3S. The van der Waals surface area contributed by atoms with Gasteiger partial charge in [0.1, 0.15) is 5.52 Å². The SMILES string of the molecule is CC(=O)OCC(=O)Nc1nc2c(Cl)cccc2s1. The topological polar surface area (TPSA) is 68.3 Å². The highest BCUT2D eigenvalue weighted by atomic mass is 35.5. The summed E-state index contributed by atoms with van der Waals surface area (Å²) in [5.74, 6) is -0.933. The Morgan fingerprint density at radius 3 is 2.94 bits per heavy atom. The highest BCUT2D eigenvalue weighted by Gasteiger charge is 2.10. The molecule has 1 N–H and O–H groups in total. The largest absolute Gasteiger partial charge is 0.456 e. The van der Waals surface area contributed by atoms with Crippen LogP contribution in [-0.2, 0) is 14.3 Å². The molecule has 18 heavy (non-hydrogen) atoms. The van der Waals surface area contributed by atoms with Crippen molar-refractivity contribution in [2.45, 2.75) is 6.92 Å². The number of para-hydroxylation sites is 1. The number of fused-ring (bicyclic) bond motifs is 1. The number of ether oxygens (including phenoxy) is 1. The van der Waals surface area contributed by atoms with Gasteiger partial charge in [-0.1, -0.05) is 29.0 Å². The third kappa shape index (κ3) is 2.96. The third-order valence-electron chi connectivity index (χ3n) is 2.02. The molecule has 1 heterocycles. The molecule has 1 amide bonds. The van der Waals surface area contributed by atoms with Crippen molar-refractivity contribution in [3.63, 3.8) is 0 Å². The van der Waals surface area contributed by atoms with Gasteiger partial charge in [0.15, 0.2) is 11.7 Å². The number of amides is 1. The van der Waals surface area contributed by atoms with Gasteiger partial charge >= 0.3 is 5.97 Å². The zero-order chi connectivity index (χ0) is 13.1. The van der Waals surface area contributed by atoms with Crippen molar-refractivity contribution in [1.29, 1.82) is 0 Å². The lowest BCUT2D eigenvalue weighted by Crippen LogP contribution is -2.19. The molecule has 0 bridgehead atoms. The van der Waals surface area contributed by atoms with Crippen LogP contribution in [0.3, 0.4) is 0 Å². The van der Waals surface area contributed by atoms with E-state index < -0.39 is 11.9 Å². The van der Waals surface area contributed by atoms with Crippen molar-refractivity contribution in [3.8, 4) is 0 Å². The van der Waals surface area contributed by atoms with Gasteiger partial charge in [0.2, 0.25) is 0 Å². The van der Waals surface area contributed by atoms with Crippen LogP contribution in [-0.4, -0.2) is 23.5 Å². The number of hydrogen-bond acceptors (Lipinski definition) is 5. The van der Waals surface area contributed by atoms with Gasteiger partial charge in [-0.15, -0.1) is 0 Å². The van der Waals surface area contributed by atoms with Gasteiger partial charge in [0, 0.05) is 6.92 Å². The average Bonchev–Trinajstić information content (AvgIpc) is 2.70. The van der Waals surface area contributed by atoms with E-state index in [0.29, 0.717) is 15.7 Å². The molecule has 0 spiro atoms. The monoisotopic (exact) mass is 284 g/mol. The van der Waals surface area contributed by atoms with E-state index in [1.165, 1.54) is 18.3 Å². The van der Waals surface area contributed by atoms with Crippen LogP contribution < -0.4 is 5.32 Å². The minimum absolute atomic E-state index is 0.320. The molecule has 0 atom stereocenters. The summed E-state index contributed by atoms with van der Waals surface area (Å²) in [7, 11) is 0. The van der Waals surface area contributed by atoms with Crippen LogP contribution in [0.2, 0.25) is 5.02 Å². The van der Waals surface area contributed by atoms with Gasteiger partial charge in [-0.3, -0.25) is 14.9 Å². The summed E-state index contributed by atoms with van der Waals surface area (Å²) in [5, 5.41) is 3.50. The van der Waals surface area contributed by atoms with Gasteiger partial charge in [-0.05, 0) is 12.1 Å². The zero-order valence-corrected chi connectivity index (χ0v) is 11.0. The number of nitrogens with zero attached hydrogens (tertiary/aromatic N) is 1. The van der Waals surface area contributed by atoms with Gasteiger partial charge in [0.05, 0.1) is 9.72 Å². The summed E-state index contributed by atoms with van der Waals surface area (Å²) in [6, 6.07) is 5.40. The van der Waals surface area contributed by atoms with Crippen LogP contribution in [0.1, 0.15) is 6.92 Å². The van der Waals surface area contributed by atoms with Gasteiger partial charge < -0.3 is 4.74 Å². The van der Waals surface area contributed by atoms with Crippen LogP contribution in [0, 0.1) is 0 Å². The number of anilines is 1. The van der Waals surface area contributed by atoms with E-state index in [1.807, 2.05) is 12.1 Å². The lowest BCUT2D eigenvalue weighted by Gasteiger charge is -2.00. The Bertz CT molecular complexity index is 611. The van der Waals surface area contributed by atoms with Crippen molar-refractivity contribution in [3.05, 3.63) is 23.2 Å². The van der Waals surface area contributed by atoms with Gasteiger partial charge in [-0.25, -0.2) is 4.98 Å². The van der Waals surface area contributed by atoms with Gasteiger partial charge in [-0.2, -0.15) is 0 Å². The van der Waals surface area contributed by atoms with Crippen LogP contribution in [0.4, 0.5) is 5.13 Å². The summed E-state index contributed by atoms with van der Waals surface area (Å²) in [5.41, 5.74) is 0.645. The maximum atomic E-state index is 11.4. The quantitative estimate of drug-likeness (QED) is 0.879. The van der Waals surface area contributed by atoms with E-state index >= 15 is 0 Å². The van der Waals surface area contributed by atoms with Crippen LogP contribution in [0.5, 0.6) is 0 Å². The number of benzene rings is 1. The molecule has 0 radical (unpaired) electrons. The number of aromatic nitrogens is 1. The molecule has 0 unspecified atom stereocenters. The first kappa shape index (κ1) is 12.8. The van der Waals surface area contributed by atoms with Crippen LogP contribution >= 0.6 is 22.9 Å². The molecule has 0 aliphatic rings. The van der Waals surface area contributed by atoms with Crippen molar-refractivity contribution in [2.75, 3.05) is 11.9 Å². The van der Waals surface area contributed by atoms with E-state index in [4.69, 9.17) is 11.6 Å². The number of esters is 1. The Kier molecular flexibility index (Phi) is 3.78. The van der Waals surface area contributed by atoms with E-state index in [1.54, 1.807) is 6.07 Å². The summed E-state index contributed by atoms with van der Waals surface area (Å²) < 4.78 is 5.45. The number of halogens is 1. The predicted octanol–water partition coefficient (Wildman–Crippen LogP) is 2.45. The van der Waals surface area contributed by atoms with E-state index in [0.717, 1.165) is 4.70 Å². The Balaban J connectivity index is 2.10. The first-order chi connectivity index (χ1) is 8.56. The molecule has 0 fully saturated rings. The Hall–Kier alpha value is -1.66. The standard InChI is InChI=1S/C11H9ClN2O3S/c1-6(15)17-5-9(16)13-11-14-10-7(12)3-2-4-8(10)18-11/h2-4H,5H2,1H3,(H,13,14,16). The molecule has 1 aromatic heterocycles. The number of nitrogens with one attached hydrogen (secondary N) is 1. The first-order valence-electron chi connectivity index (χ1n) is 5.04. The fourth-order valence-corrected chi connectivity index (χ4v) is 2.47. The highest BCUT2D eigenvalue weighted by molar-refractivity contribution is 7.22. The summed E-state index contributed by atoms with van der Waals surface area (Å²) in [4.78, 5) is 26.2. The third-order valence-corrected chi connectivity index (χ3v) is 3.26. The normalized spacial score (nSPS) is 10.3. The fourth-order valence-electron chi connectivity index (χ4n) is 1.29. The number of hydrogen-bond donors (Lipinski definition) is 1. The number of carbonyl (C=O) groups is 2. The fraction of sp³-hybridized carbons (Fsp3) is 0.182. The van der Waals surface area contributed by atoms with Gasteiger partial charge in [0.25, 0.3) is 5.91 Å². The summed E-state index contributed by atoms with van der Waals surface area (Å²) >= 11 is 7.28. The zero-order valence-electron chi connectivity index (χ0n) is 9.40. The van der Waals surface area contributed by atoms with Crippen molar-refractivity contribution in [2.24, 2.45) is 0 Å². The Labute approximate surface area is 112 Å². The molecule has 1 aromatic carbocycles. The lowest BCUT2D eigenvalue weighted by molar-refractivity contribution is -0.144. The van der Waals surface area contributed by atoms with Crippen molar-refractivity contribution < 1.29 is 14.3 Å². The number of carbonyl (C=O) groups excluding carboxylic acids is 2. The molecule has 0 saturated carbocycles. The summed E-state index contributed by atoms with van der Waals surface area (Å²) in [6.07, 6.45) is 0. The first-order valence-corrected chi connectivity index (χ1v) is 6.24. The molecular weight excluding hydrogens is 276 g/mol. The second kappa shape index (κ2) is 5.32. The molecule has 2 rings (SSSR count).